The Hall–Kier alpha value is -1.80. The molecule has 1 aromatic rings. The molecule has 1 aromatic carbocycles. The van der Waals surface area contributed by atoms with Crippen molar-refractivity contribution in [3.63, 3.8) is 0 Å². The second-order valence-electron chi connectivity index (χ2n) is 3.54. The molecule has 0 aromatic heterocycles. The summed E-state index contributed by atoms with van der Waals surface area (Å²) in [4.78, 5) is 10.3. The summed E-state index contributed by atoms with van der Waals surface area (Å²) in [6.45, 7) is -0.254. The Morgan fingerprint density at radius 3 is 2.37 bits per heavy atom. The maximum atomic E-state index is 12.0. The van der Waals surface area contributed by atoms with Gasteiger partial charge in [-0.15, -0.1) is 0 Å². The summed E-state index contributed by atoms with van der Waals surface area (Å²) < 4.78 is 47.5. The Bertz CT molecular complexity index is 567. The molecular weight excluding hydrogens is 280 g/mol. The van der Waals surface area contributed by atoms with E-state index in [2.05, 4.69) is 0 Å². The first kappa shape index (κ1) is 15.3. The van der Waals surface area contributed by atoms with E-state index in [0.29, 0.717) is 11.1 Å². The van der Waals surface area contributed by atoms with Crippen LogP contribution >= 0.6 is 0 Å². The van der Waals surface area contributed by atoms with E-state index in [4.69, 9.17) is 5.11 Å². The van der Waals surface area contributed by atoms with Gasteiger partial charge in [-0.05, 0) is 17.2 Å². The van der Waals surface area contributed by atoms with Crippen LogP contribution in [0.25, 0.3) is 6.08 Å². The minimum atomic E-state index is -4.60. The Kier molecular flexibility index (Phi) is 5.13. The third kappa shape index (κ3) is 5.14. The molecule has 0 atom stereocenters. The molecule has 5 nitrogen and oxygen atoms in total. The summed E-state index contributed by atoms with van der Waals surface area (Å²) in [6, 6.07) is 6.11. The van der Waals surface area contributed by atoms with E-state index in [1.807, 2.05) is 0 Å². The van der Waals surface area contributed by atoms with Gasteiger partial charge < -0.3 is 5.11 Å². The Morgan fingerprint density at radius 1 is 1.32 bits per heavy atom. The van der Waals surface area contributed by atoms with Gasteiger partial charge in [0.25, 0.3) is 10.0 Å². The molecule has 0 unspecified atom stereocenters. The number of rotatable bonds is 6. The summed E-state index contributed by atoms with van der Waals surface area (Å²) in [5.74, 6) is -4.56. The van der Waals surface area contributed by atoms with Gasteiger partial charge in [-0.1, -0.05) is 24.3 Å². The largest absolute Gasteiger partial charge is 0.478 e. The quantitative estimate of drug-likeness (QED) is 0.777. The number of carboxylic acids is 1. The van der Waals surface area contributed by atoms with E-state index in [1.165, 1.54) is 18.2 Å². The predicted molar refractivity (Wildman–Crippen MR) is 64.9 cm³/mol. The number of alkyl halides is 2. The minimum absolute atomic E-state index is 0.254. The van der Waals surface area contributed by atoms with Crippen LogP contribution in [0.4, 0.5) is 8.78 Å². The van der Waals surface area contributed by atoms with Gasteiger partial charge in [-0.3, -0.25) is 0 Å². The number of nitrogens with one attached hydrogen (secondary N) is 1. The molecule has 0 spiro atoms. The van der Waals surface area contributed by atoms with Gasteiger partial charge in [-0.2, -0.15) is 8.78 Å². The molecule has 0 aliphatic heterocycles. The van der Waals surface area contributed by atoms with Crippen molar-refractivity contribution in [2.75, 3.05) is 0 Å². The summed E-state index contributed by atoms with van der Waals surface area (Å²) in [6.07, 6.45) is 2.31. The van der Waals surface area contributed by atoms with E-state index in [9.17, 15) is 22.0 Å². The third-order valence-corrected chi connectivity index (χ3v) is 3.13. The molecule has 8 heteroatoms. The van der Waals surface area contributed by atoms with E-state index in [1.54, 1.807) is 16.9 Å². The van der Waals surface area contributed by atoms with E-state index in [-0.39, 0.29) is 6.54 Å². The van der Waals surface area contributed by atoms with Crippen molar-refractivity contribution in [1.82, 2.24) is 4.72 Å². The molecule has 19 heavy (non-hydrogen) atoms. The zero-order chi connectivity index (χ0) is 14.5. The number of sulfonamides is 1. The van der Waals surface area contributed by atoms with Gasteiger partial charge in [0.05, 0.1) is 0 Å². The molecular formula is C11H11F2NO4S. The summed E-state index contributed by atoms with van der Waals surface area (Å²) in [5, 5.41) is 8.42. The average molecular weight is 291 g/mol. The lowest BCUT2D eigenvalue weighted by Crippen LogP contribution is -2.28. The standard InChI is InChI=1S/C11H11F2NO4S/c12-11(13)19(17,18)14-7-9-3-1-8(2-4-9)5-6-10(15)16/h1-6,11,14H,7H2,(H,15,16). The van der Waals surface area contributed by atoms with E-state index < -0.39 is 21.8 Å². The van der Waals surface area contributed by atoms with Crippen LogP contribution in [0.5, 0.6) is 0 Å². The maximum Gasteiger partial charge on any atom is 0.350 e. The molecule has 0 heterocycles. The Balaban J connectivity index is 2.65. The minimum Gasteiger partial charge on any atom is -0.478 e. The van der Waals surface area contributed by atoms with Crippen molar-refractivity contribution in [2.24, 2.45) is 0 Å². The lowest BCUT2D eigenvalue weighted by Gasteiger charge is -2.05. The molecule has 0 amide bonds. The fourth-order valence-electron chi connectivity index (χ4n) is 1.16. The highest BCUT2D eigenvalue weighted by molar-refractivity contribution is 7.89. The molecule has 2 N–H and O–H groups in total. The summed E-state index contributed by atoms with van der Waals surface area (Å²) in [5.41, 5.74) is 1.08. The van der Waals surface area contributed by atoms with Crippen molar-refractivity contribution >= 4 is 22.1 Å². The molecule has 0 aliphatic carbocycles. The van der Waals surface area contributed by atoms with Crippen LogP contribution in [-0.2, 0) is 21.4 Å². The van der Waals surface area contributed by atoms with Crippen molar-refractivity contribution < 1.29 is 27.1 Å². The monoisotopic (exact) mass is 291 g/mol. The second kappa shape index (κ2) is 6.39. The van der Waals surface area contributed by atoms with Gasteiger partial charge >= 0.3 is 11.7 Å². The Morgan fingerprint density at radius 2 is 1.89 bits per heavy atom. The average Bonchev–Trinajstić information content (AvgIpc) is 2.35. The first-order valence-corrected chi connectivity index (χ1v) is 6.62. The van der Waals surface area contributed by atoms with Gasteiger partial charge in [0.15, 0.2) is 0 Å². The van der Waals surface area contributed by atoms with E-state index >= 15 is 0 Å². The highest BCUT2D eigenvalue weighted by Crippen LogP contribution is 2.08. The van der Waals surface area contributed by atoms with Crippen LogP contribution in [0.3, 0.4) is 0 Å². The number of carboxylic acid groups (broad SMARTS) is 1. The molecule has 104 valence electrons. The van der Waals surface area contributed by atoms with Crippen LogP contribution in [0.2, 0.25) is 0 Å². The zero-order valence-corrected chi connectivity index (χ0v) is 10.4. The summed E-state index contributed by atoms with van der Waals surface area (Å²) in [7, 11) is -4.60. The lowest BCUT2D eigenvalue weighted by molar-refractivity contribution is -0.131. The number of hydrogen-bond donors (Lipinski definition) is 2. The van der Waals surface area contributed by atoms with Gasteiger partial charge in [0.1, 0.15) is 0 Å². The second-order valence-corrected chi connectivity index (χ2v) is 5.27. The van der Waals surface area contributed by atoms with E-state index in [0.717, 1.165) is 6.08 Å². The number of aliphatic carboxylic acids is 1. The lowest BCUT2D eigenvalue weighted by atomic mass is 10.1. The smallest absolute Gasteiger partial charge is 0.350 e. The maximum absolute atomic E-state index is 12.0. The van der Waals surface area contributed by atoms with Gasteiger partial charge in [-0.25, -0.2) is 17.9 Å². The van der Waals surface area contributed by atoms with Crippen LogP contribution < -0.4 is 4.72 Å². The van der Waals surface area contributed by atoms with Crippen molar-refractivity contribution in [2.45, 2.75) is 12.3 Å². The number of halogens is 2. The summed E-state index contributed by atoms with van der Waals surface area (Å²) >= 11 is 0. The number of carbonyl (C=O) groups is 1. The molecule has 1 rings (SSSR count). The van der Waals surface area contributed by atoms with Crippen molar-refractivity contribution in [3.8, 4) is 0 Å². The highest BCUT2D eigenvalue weighted by Gasteiger charge is 2.22. The first-order valence-electron chi connectivity index (χ1n) is 5.08. The molecule has 0 aliphatic rings. The van der Waals surface area contributed by atoms with Crippen LogP contribution in [-0.4, -0.2) is 25.3 Å². The number of benzene rings is 1. The fraction of sp³-hybridized carbons (Fsp3) is 0.182. The molecule has 0 bridgehead atoms. The van der Waals surface area contributed by atoms with Gasteiger partial charge in [0.2, 0.25) is 0 Å². The molecule has 0 saturated carbocycles. The molecule has 0 radical (unpaired) electrons. The van der Waals surface area contributed by atoms with Crippen molar-refractivity contribution in [3.05, 3.63) is 41.5 Å². The third-order valence-electron chi connectivity index (χ3n) is 2.11. The van der Waals surface area contributed by atoms with Crippen LogP contribution in [0.15, 0.2) is 30.3 Å². The normalized spacial score (nSPS) is 12.2. The zero-order valence-electron chi connectivity index (χ0n) is 9.58. The highest BCUT2D eigenvalue weighted by atomic mass is 32.2. The van der Waals surface area contributed by atoms with Crippen LogP contribution in [0.1, 0.15) is 11.1 Å². The molecule has 0 fully saturated rings. The fourth-order valence-corrected chi connectivity index (χ4v) is 1.65. The van der Waals surface area contributed by atoms with Crippen LogP contribution in [0, 0.1) is 0 Å². The number of hydrogen-bond acceptors (Lipinski definition) is 3. The predicted octanol–water partition coefficient (Wildman–Crippen LogP) is 1.43. The first-order chi connectivity index (χ1) is 8.81. The topological polar surface area (TPSA) is 83.5 Å². The Labute approximate surface area is 108 Å². The van der Waals surface area contributed by atoms with Gasteiger partial charge in [0, 0.05) is 12.6 Å². The SMILES string of the molecule is O=C(O)C=Cc1ccc(CNS(=O)(=O)C(F)F)cc1. The van der Waals surface area contributed by atoms with Crippen molar-refractivity contribution in [1.29, 1.82) is 0 Å². The molecule has 0 saturated heterocycles.